The fourth-order valence-electron chi connectivity index (χ4n) is 1.37. The molecule has 6 heteroatoms. The lowest BCUT2D eigenvalue weighted by atomic mass is 10.3. The number of rotatable bonds is 3. The van der Waals surface area contributed by atoms with Crippen LogP contribution in [0.3, 0.4) is 0 Å². The van der Waals surface area contributed by atoms with Gasteiger partial charge in [-0.25, -0.2) is 4.98 Å². The molecule has 18 heavy (non-hydrogen) atoms. The van der Waals surface area contributed by atoms with Crippen LogP contribution in [0.1, 0.15) is 5.69 Å². The molecule has 0 amide bonds. The van der Waals surface area contributed by atoms with Gasteiger partial charge in [-0.3, -0.25) is 0 Å². The molecule has 0 fully saturated rings. The van der Waals surface area contributed by atoms with Crippen LogP contribution < -0.4 is 11.1 Å². The van der Waals surface area contributed by atoms with Crippen molar-refractivity contribution in [3.8, 4) is 0 Å². The van der Waals surface area contributed by atoms with Crippen LogP contribution in [0.5, 0.6) is 0 Å². The Kier molecular flexibility index (Phi) is 4.31. The van der Waals surface area contributed by atoms with Crippen LogP contribution in [0.15, 0.2) is 45.3 Å². The predicted molar refractivity (Wildman–Crippen MR) is 85.2 cm³/mol. The van der Waals surface area contributed by atoms with Crippen molar-refractivity contribution in [2.75, 3.05) is 5.32 Å². The van der Waals surface area contributed by atoms with Crippen molar-refractivity contribution in [3.63, 3.8) is 0 Å². The topological polar surface area (TPSA) is 50.9 Å². The first-order chi connectivity index (χ1) is 8.56. The molecule has 0 atom stereocenters. The molecule has 1 aromatic carbocycles. The third-order valence-electron chi connectivity index (χ3n) is 2.20. The van der Waals surface area contributed by atoms with E-state index >= 15 is 0 Å². The Bertz CT molecular complexity index is 602. The van der Waals surface area contributed by atoms with Gasteiger partial charge < -0.3 is 11.1 Å². The van der Waals surface area contributed by atoms with E-state index in [0.29, 0.717) is 11.5 Å². The molecular formula is C12H9Br2N3S. The second kappa shape index (κ2) is 5.77. The first kappa shape index (κ1) is 13.5. The van der Waals surface area contributed by atoms with Gasteiger partial charge >= 0.3 is 0 Å². The van der Waals surface area contributed by atoms with Crippen molar-refractivity contribution in [1.29, 1.82) is 0 Å². The Morgan fingerprint density at radius 3 is 2.67 bits per heavy atom. The summed E-state index contributed by atoms with van der Waals surface area (Å²) in [7, 11) is 0. The third kappa shape index (κ3) is 3.28. The summed E-state index contributed by atoms with van der Waals surface area (Å²) in [6.45, 7) is 0. The van der Waals surface area contributed by atoms with E-state index in [2.05, 4.69) is 42.2 Å². The van der Waals surface area contributed by atoms with E-state index in [9.17, 15) is 0 Å². The molecule has 0 saturated carbocycles. The van der Waals surface area contributed by atoms with Gasteiger partial charge in [-0.05, 0) is 46.3 Å². The van der Waals surface area contributed by atoms with Gasteiger partial charge in [-0.15, -0.1) is 0 Å². The van der Waals surface area contributed by atoms with E-state index in [1.165, 1.54) is 0 Å². The summed E-state index contributed by atoms with van der Waals surface area (Å²) in [6.07, 6.45) is 0. The van der Waals surface area contributed by atoms with Gasteiger partial charge in [0, 0.05) is 8.95 Å². The van der Waals surface area contributed by atoms with Gasteiger partial charge in [0.2, 0.25) is 0 Å². The molecule has 0 aliphatic carbocycles. The fraction of sp³-hybridized carbons (Fsp3) is 0. The molecule has 0 saturated heterocycles. The second-order valence-corrected chi connectivity index (χ2v) is 5.73. The molecule has 0 bridgehead atoms. The van der Waals surface area contributed by atoms with Crippen molar-refractivity contribution >= 4 is 60.6 Å². The highest BCUT2D eigenvalue weighted by molar-refractivity contribution is 9.11. The summed E-state index contributed by atoms with van der Waals surface area (Å²) >= 11 is 11.8. The number of nitrogens with one attached hydrogen (secondary N) is 1. The summed E-state index contributed by atoms with van der Waals surface area (Å²) in [5, 5.41) is 3.20. The van der Waals surface area contributed by atoms with Gasteiger partial charge in [-0.1, -0.05) is 34.2 Å². The quantitative estimate of drug-likeness (QED) is 0.783. The highest BCUT2D eigenvalue weighted by Gasteiger charge is 2.04. The monoisotopic (exact) mass is 385 g/mol. The molecule has 0 unspecified atom stereocenters. The minimum absolute atomic E-state index is 0.286. The molecule has 2 aromatic rings. The van der Waals surface area contributed by atoms with Crippen molar-refractivity contribution in [1.82, 2.24) is 4.98 Å². The molecule has 0 spiro atoms. The normalized spacial score (nSPS) is 10.1. The summed E-state index contributed by atoms with van der Waals surface area (Å²) in [5.74, 6) is 0.698. The van der Waals surface area contributed by atoms with E-state index in [1.807, 2.05) is 30.3 Å². The van der Waals surface area contributed by atoms with Gasteiger partial charge in [0.25, 0.3) is 0 Å². The highest BCUT2D eigenvalue weighted by Crippen LogP contribution is 2.28. The molecule has 3 nitrogen and oxygen atoms in total. The molecule has 92 valence electrons. The van der Waals surface area contributed by atoms with E-state index in [1.54, 1.807) is 6.07 Å². The largest absolute Gasteiger partial charge is 0.388 e. The number of benzene rings is 1. The molecular weight excluding hydrogens is 378 g/mol. The van der Waals surface area contributed by atoms with Crippen molar-refractivity contribution in [3.05, 3.63) is 51.0 Å². The van der Waals surface area contributed by atoms with Crippen LogP contribution >= 0.6 is 44.1 Å². The van der Waals surface area contributed by atoms with Crippen LogP contribution in [0, 0.1) is 0 Å². The first-order valence-electron chi connectivity index (χ1n) is 5.05. The maximum Gasteiger partial charge on any atom is 0.131 e. The van der Waals surface area contributed by atoms with Crippen molar-refractivity contribution in [2.45, 2.75) is 0 Å². The maximum atomic E-state index is 5.55. The molecule has 3 N–H and O–H groups in total. The van der Waals surface area contributed by atoms with Gasteiger partial charge in [0.05, 0.1) is 11.4 Å². The highest BCUT2D eigenvalue weighted by atomic mass is 79.9. The number of anilines is 2. The molecule has 2 rings (SSSR count). The lowest BCUT2D eigenvalue weighted by Gasteiger charge is -2.09. The first-order valence-corrected chi connectivity index (χ1v) is 7.04. The predicted octanol–water partition coefficient (Wildman–Crippen LogP) is 3.98. The SMILES string of the molecule is NC(=S)c1cccc(Nc2ccc(Br)cc2Br)n1. The molecule has 1 heterocycles. The van der Waals surface area contributed by atoms with E-state index in [-0.39, 0.29) is 4.99 Å². The molecule has 1 aromatic heterocycles. The summed E-state index contributed by atoms with van der Waals surface area (Å²) < 4.78 is 1.95. The zero-order valence-corrected chi connectivity index (χ0v) is 13.1. The average Bonchev–Trinajstić information content (AvgIpc) is 2.33. The number of nitrogens with two attached hydrogens (primary N) is 1. The Labute approximate surface area is 127 Å². The van der Waals surface area contributed by atoms with E-state index in [0.717, 1.165) is 14.6 Å². The fourth-order valence-corrected chi connectivity index (χ4v) is 2.63. The zero-order chi connectivity index (χ0) is 13.1. The van der Waals surface area contributed by atoms with Gasteiger partial charge in [-0.2, -0.15) is 0 Å². The minimum atomic E-state index is 0.286. The third-order valence-corrected chi connectivity index (χ3v) is 3.55. The zero-order valence-electron chi connectivity index (χ0n) is 9.15. The lowest BCUT2D eigenvalue weighted by molar-refractivity contribution is 1.27. The van der Waals surface area contributed by atoms with Crippen LogP contribution in [-0.4, -0.2) is 9.97 Å². The number of hydrogen-bond donors (Lipinski definition) is 2. The average molecular weight is 387 g/mol. The van der Waals surface area contributed by atoms with Crippen molar-refractivity contribution in [2.24, 2.45) is 5.73 Å². The molecule has 0 radical (unpaired) electrons. The van der Waals surface area contributed by atoms with Gasteiger partial charge in [0.1, 0.15) is 10.8 Å². The Hall–Kier alpha value is -0.980. The van der Waals surface area contributed by atoms with E-state index in [4.69, 9.17) is 18.0 Å². The van der Waals surface area contributed by atoms with Crippen molar-refractivity contribution < 1.29 is 0 Å². The number of hydrogen-bond acceptors (Lipinski definition) is 3. The number of aromatic nitrogens is 1. The lowest BCUT2D eigenvalue weighted by Crippen LogP contribution is -2.12. The van der Waals surface area contributed by atoms with Crippen LogP contribution in [0.25, 0.3) is 0 Å². The molecule has 0 aliphatic rings. The maximum absolute atomic E-state index is 5.55. The minimum Gasteiger partial charge on any atom is -0.388 e. The summed E-state index contributed by atoms with van der Waals surface area (Å²) in [6, 6.07) is 11.4. The Morgan fingerprint density at radius 2 is 2.00 bits per heavy atom. The number of halogens is 2. The number of nitrogens with zero attached hydrogens (tertiary/aromatic N) is 1. The van der Waals surface area contributed by atoms with Crippen LogP contribution in [-0.2, 0) is 0 Å². The molecule has 0 aliphatic heterocycles. The summed E-state index contributed by atoms with van der Waals surface area (Å²) in [4.78, 5) is 4.61. The number of pyridine rings is 1. The second-order valence-electron chi connectivity index (χ2n) is 3.52. The standard InChI is InChI=1S/C12H9Br2N3S/c13-7-4-5-9(8(14)6-7)16-11-3-1-2-10(17-11)12(15)18/h1-6H,(H2,15,18)(H,16,17). The Morgan fingerprint density at radius 1 is 1.22 bits per heavy atom. The Balaban J connectivity index is 2.28. The smallest absolute Gasteiger partial charge is 0.131 e. The van der Waals surface area contributed by atoms with E-state index < -0.39 is 0 Å². The number of thiocarbonyl (C=S) groups is 1. The van der Waals surface area contributed by atoms with Crippen LogP contribution in [0.4, 0.5) is 11.5 Å². The summed E-state index contributed by atoms with van der Waals surface area (Å²) in [5.41, 5.74) is 7.07. The van der Waals surface area contributed by atoms with Gasteiger partial charge in [0.15, 0.2) is 0 Å². The van der Waals surface area contributed by atoms with Crippen LogP contribution in [0.2, 0.25) is 0 Å².